The number of hydrogen-bond acceptors (Lipinski definition) is 3. The maximum absolute atomic E-state index is 6.10. The molecule has 0 aliphatic heterocycles. The van der Waals surface area contributed by atoms with Crippen LogP contribution >= 0.6 is 46.9 Å². The number of hydrogen-bond donors (Lipinski definition) is 3. The van der Waals surface area contributed by atoms with Crippen molar-refractivity contribution in [1.29, 1.82) is 0 Å². The van der Waals surface area contributed by atoms with E-state index in [-0.39, 0.29) is 24.0 Å². The van der Waals surface area contributed by atoms with Gasteiger partial charge in [0, 0.05) is 54.1 Å². The van der Waals surface area contributed by atoms with E-state index >= 15 is 0 Å². The largest absolute Gasteiger partial charge is 0.361 e. The minimum absolute atomic E-state index is 0. The summed E-state index contributed by atoms with van der Waals surface area (Å²) in [5, 5.41) is 11.8. The molecule has 1 aromatic carbocycles. The second-order valence-corrected chi connectivity index (χ2v) is 7.29. The number of aromatic nitrogens is 2. The van der Waals surface area contributed by atoms with E-state index in [1.54, 1.807) is 18.4 Å². The Labute approximate surface area is 179 Å². The van der Waals surface area contributed by atoms with Gasteiger partial charge in [0.1, 0.15) is 0 Å². The van der Waals surface area contributed by atoms with Gasteiger partial charge in [0.05, 0.1) is 10.7 Å². The number of guanidine groups is 1. The smallest absolute Gasteiger partial charge is 0.190 e. The molecule has 0 radical (unpaired) electrons. The summed E-state index contributed by atoms with van der Waals surface area (Å²) in [5.41, 5.74) is 3.49. The number of nitrogens with one attached hydrogen (secondary N) is 3. The maximum Gasteiger partial charge on any atom is 0.190 e. The van der Waals surface area contributed by atoms with Gasteiger partial charge in [0.25, 0.3) is 0 Å². The van der Waals surface area contributed by atoms with Crippen molar-refractivity contribution in [3.63, 3.8) is 0 Å². The zero-order valence-electron chi connectivity index (χ0n) is 14.8. The molecule has 3 rings (SSSR count). The third-order valence-corrected chi connectivity index (χ3v) is 5.04. The molecule has 0 saturated carbocycles. The highest BCUT2D eigenvalue weighted by Crippen LogP contribution is 2.22. The Kier molecular flexibility index (Phi) is 8.17. The summed E-state index contributed by atoms with van der Waals surface area (Å²) < 4.78 is 0. The van der Waals surface area contributed by atoms with Crippen molar-refractivity contribution in [3.8, 4) is 0 Å². The van der Waals surface area contributed by atoms with Gasteiger partial charge in [-0.05, 0) is 37.1 Å². The van der Waals surface area contributed by atoms with Gasteiger partial charge in [-0.15, -0.1) is 35.3 Å². The van der Waals surface area contributed by atoms with E-state index in [4.69, 9.17) is 11.6 Å². The predicted molar refractivity (Wildman–Crippen MR) is 122 cm³/mol. The first kappa shape index (κ1) is 21.0. The van der Waals surface area contributed by atoms with Crippen molar-refractivity contribution in [2.24, 2.45) is 4.99 Å². The molecule has 0 aliphatic carbocycles. The molecule has 2 aromatic heterocycles. The molecule has 0 atom stereocenters. The van der Waals surface area contributed by atoms with Crippen molar-refractivity contribution in [2.45, 2.75) is 19.8 Å². The SMILES string of the molecule is CN=C(NCCc1csc(C)n1)NCCc1c[nH]c2ccc(Cl)cc12.I. The molecule has 0 unspecified atom stereocenters. The molecule has 0 saturated heterocycles. The quantitative estimate of drug-likeness (QED) is 0.269. The number of fused-ring (bicyclic) bond motifs is 1. The van der Waals surface area contributed by atoms with Crippen molar-refractivity contribution in [2.75, 3.05) is 20.1 Å². The van der Waals surface area contributed by atoms with Gasteiger partial charge in [0.2, 0.25) is 0 Å². The van der Waals surface area contributed by atoms with Gasteiger partial charge in [-0.25, -0.2) is 4.98 Å². The Bertz CT molecular complexity index is 873. The van der Waals surface area contributed by atoms with E-state index < -0.39 is 0 Å². The summed E-state index contributed by atoms with van der Waals surface area (Å²) in [4.78, 5) is 12.0. The molecule has 5 nitrogen and oxygen atoms in total. The summed E-state index contributed by atoms with van der Waals surface area (Å²) in [6.45, 7) is 3.64. The molecule has 2 heterocycles. The minimum Gasteiger partial charge on any atom is -0.361 e. The Morgan fingerprint density at radius 2 is 2.04 bits per heavy atom. The fourth-order valence-corrected chi connectivity index (χ4v) is 3.54. The third-order valence-electron chi connectivity index (χ3n) is 3.98. The van der Waals surface area contributed by atoms with Crippen LogP contribution in [0.2, 0.25) is 5.02 Å². The Balaban J connectivity index is 0.00000243. The van der Waals surface area contributed by atoms with E-state index in [2.05, 4.69) is 31.0 Å². The number of aryl methyl sites for hydroxylation is 1. The number of nitrogens with zero attached hydrogens (tertiary/aromatic N) is 2. The molecule has 3 aromatic rings. The fraction of sp³-hybridized carbons (Fsp3) is 0.333. The Morgan fingerprint density at radius 1 is 1.27 bits per heavy atom. The predicted octanol–water partition coefficient (Wildman–Crippen LogP) is 4.15. The van der Waals surface area contributed by atoms with Crippen molar-refractivity contribution < 1.29 is 0 Å². The minimum atomic E-state index is 0. The van der Waals surface area contributed by atoms with Crippen LogP contribution in [0.25, 0.3) is 10.9 Å². The van der Waals surface area contributed by atoms with Crippen LogP contribution in [0.3, 0.4) is 0 Å². The molecule has 26 heavy (non-hydrogen) atoms. The van der Waals surface area contributed by atoms with Gasteiger partial charge in [-0.2, -0.15) is 0 Å². The lowest BCUT2D eigenvalue weighted by molar-refractivity contribution is 0.778. The molecule has 0 fully saturated rings. The lowest BCUT2D eigenvalue weighted by Gasteiger charge is -2.11. The highest BCUT2D eigenvalue weighted by molar-refractivity contribution is 14.0. The van der Waals surface area contributed by atoms with E-state index in [9.17, 15) is 0 Å². The van der Waals surface area contributed by atoms with E-state index in [0.717, 1.165) is 53.1 Å². The van der Waals surface area contributed by atoms with Crippen LogP contribution in [-0.2, 0) is 12.8 Å². The number of rotatable bonds is 6. The van der Waals surface area contributed by atoms with Crippen LogP contribution < -0.4 is 10.6 Å². The van der Waals surface area contributed by atoms with Crippen molar-refractivity contribution in [3.05, 3.63) is 51.1 Å². The Hall–Kier alpha value is -1.32. The lowest BCUT2D eigenvalue weighted by atomic mass is 10.1. The third kappa shape index (κ3) is 5.59. The molecular weight excluding hydrogens is 481 g/mol. The van der Waals surface area contributed by atoms with Crippen LogP contribution in [0.4, 0.5) is 0 Å². The van der Waals surface area contributed by atoms with Crippen molar-refractivity contribution >= 4 is 63.8 Å². The molecular formula is C18H23ClIN5S. The monoisotopic (exact) mass is 503 g/mol. The van der Waals surface area contributed by atoms with Crippen LogP contribution in [0, 0.1) is 6.92 Å². The van der Waals surface area contributed by atoms with E-state index in [0.29, 0.717) is 0 Å². The Morgan fingerprint density at radius 3 is 2.73 bits per heavy atom. The standard InChI is InChI=1S/C18H22ClN5S.HI/c1-12-24-15(11-25-12)6-8-22-18(20-2)21-7-5-13-10-23-17-4-3-14(19)9-16(13)17;/h3-4,9-11,23H,5-8H2,1-2H3,(H2,20,21,22);1H. The molecule has 140 valence electrons. The van der Waals surface area contributed by atoms with Crippen LogP contribution in [0.5, 0.6) is 0 Å². The molecule has 3 N–H and O–H groups in total. The number of aliphatic imine (C=N–C) groups is 1. The highest BCUT2D eigenvalue weighted by atomic mass is 127. The van der Waals surface area contributed by atoms with Gasteiger partial charge < -0.3 is 15.6 Å². The zero-order chi connectivity index (χ0) is 17.6. The van der Waals surface area contributed by atoms with E-state index in [1.165, 1.54) is 10.9 Å². The second-order valence-electron chi connectivity index (χ2n) is 5.79. The molecule has 0 bridgehead atoms. The summed E-state index contributed by atoms with van der Waals surface area (Å²) >= 11 is 7.79. The number of halogens is 2. The van der Waals surface area contributed by atoms with Crippen molar-refractivity contribution in [1.82, 2.24) is 20.6 Å². The van der Waals surface area contributed by atoms with Crippen LogP contribution in [0.15, 0.2) is 34.8 Å². The normalized spacial score (nSPS) is 11.4. The lowest BCUT2D eigenvalue weighted by Crippen LogP contribution is -2.39. The molecule has 0 aliphatic rings. The average molecular weight is 504 g/mol. The molecule has 0 amide bonds. The number of H-pyrrole nitrogens is 1. The number of benzene rings is 1. The van der Waals surface area contributed by atoms with Crippen LogP contribution in [-0.4, -0.2) is 36.1 Å². The van der Waals surface area contributed by atoms with Gasteiger partial charge in [-0.3, -0.25) is 4.99 Å². The summed E-state index contributed by atoms with van der Waals surface area (Å²) in [6.07, 6.45) is 3.84. The molecule has 8 heteroatoms. The number of thiazole rings is 1. The van der Waals surface area contributed by atoms with Gasteiger partial charge >= 0.3 is 0 Å². The number of aromatic amines is 1. The first-order chi connectivity index (χ1) is 12.2. The van der Waals surface area contributed by atoms with Crippen LogP contribution in [0.1, 0.15) is 16.3 Å². The summed E-state index contributed by atoms with van der Waals surface area (Å²) in [6, 6.07) is 5.92. The molecule has 0 spiro atoms. The fourth-order valence-electron chi connectivity index (χ4n) is 2.73. The zero-order valence-corrected chi connectivity index (χ0v) is 18.7. The first-order valence-corrected chi connectivity index (χ1v) is 9.52. The van der Waals surface area contributed by atoms with Gasteiger partial charge in [-0.1, -0.05) is 11.6 Å². The van der Waals surface area contributed by atoms with E-state index in [1.807, 2.05) is 31.3 Å². The maximum atomic E-state index is 6.10. The summed E-state index contributed by atoms with van der Waals surface area (Å²) in [7, 11) is 1.79. The topological polar surface area (TPSA) is 65.1 Å². The summed E-state index contributed by atoms with van der Waals surface area (Å²) in [5.74, 6) is 0.810. The van der Waals surface area contributed by atoms with Gasteiger partial charge in [0.15, 0.2) is 5.96 Å². The second kappa shape index (κ2) is 10.1. The highest BCUT2D eigenvalue weighted by Gasteiger charge is 2.05. The average Bonchev–Trinajstić information content (AvgIpc) is 3.19. The first-order valence-electron chi connectivity index (χ1n) is 8.27.